The number of nitrogens with one attached hydrogen (secondary N) is 1. The maximum atomic E-state index is 9.86. The quantitative estimate of drug-likeness (QED) is 0.313. The third kappa shape index (κ3) is 3.86. The molecule has 0 radical (unpaired) electrons. The van der Waals surface area contributed by atoms with Crippen LogP contribution in [0.2, 0.25) is 0 Å². The Morgan fingerprint density at radius 1 is 0.909 bits per heavy atom. The van der Waals surface area contributed by atoms with Gasteiger partial charge >= 0.3 is 0 Å². The molecule has 5 aromatic rings. The molecule has 0 aliphatic carbocycles. The second-order valence-corrected chi connectivity index (χ2v) is 8.35. The average molecular weight is 429 g/mol. The second kappa shape index (κ2) is 8.29. The third-order valence-corrected chi connectivity index (χ3v) is 6.02. The zero-order valence-corrected chi connectivity index (χ0v) is 18.9. The minimum Gasteiger partial charge on any atom is -0.337 e. The molecule has 0 bridgehead atoms. The molecule has 0 aliphatic rings. The number of H-pyrrole nitrogens is 1. The predicted molar refractivity (Wildman–Crippen MR) is 135 cm³/mol. The Bertz CT molecular complexity index is 1520. The van der Waals surface area contributed by atoms with E-state index >= 15 is 0 Å². The fraction of sp³-hybridized carbons (Fsp3) is 0.103. The van der Waals surface area contributed by atoms with Gasteiger partial charge in [-0.25, -0.2) is 4.98 Å². The third-order valence-electron chi connectivity index (χ3n) is 6.02. The number of fused-ring (bicyclic) bond motifs is 1. The van der Waals surface area contributed by atoms with Crippen LogP contribution >= 0.6 is 0 Å². The van der Waals surface area contributed by atoms with Gasteiger partial charge in [0.2, 0.25) is 0 Å². The summed E-state index contributed by atoms with van der Waals surface area (Å²) >= 11 is 0. The lowest BCUT2D eigenvalue weighted by atomic mass is 10.1. The molecular formula is C29H24N4. The van der Waals surface area contributed by atoms with Crippen LogP contribution in [0.5, 0.6) is 0 Å². The van der Waals surface area contributed by atoms with Crippen molar-refractivity contribution in [3.63, 3.8) is 0 Å². The molecule has 0 unspecified atom stereocenters. The number of allylic oxidation sites excluding steroid dienone is 1. The summed E-state index contributed by atoms with van der Waals surface area (Å²) in [5, 5.41) is 9.86. The van der Waals surface area contributed by atoms with Crippen LogP contribution in [0, 0.1) is 32.1 Å². The Kier molecular flexibility index (Phi) is 5.16. The van der Waals surface area contributed by atoms with E-state index in [4.69, 9.17) is 0 Å². The molecule has 5 rings (SSSR count). The van der Waals surface area contributed by atoms with Crippen LogP contribution in [0.3, 0.4) is 0 Å². The summed E-state index contributed by atoms with van der Waals surface area (Å²) in [6.45, 7) is 6.22. The van der Waals surface area contributed by atoms with Crippen molar-refractivity contribution in [1.29, 1.82) is 5.26 Å². The first-order chi connectivity index (χ1) is 16.0. The highest BCUT2D eigenvalue weighted by molar-refractivity contribution is 5.91. The Morgan fingerprint density at radius 2 is 1.64 bits per heavy atom. The Labute approximate surface area is 193 Å². The van der Waals surface area contributed by atoms with Gasteiger partial charge in [0.25, 0.3) is 0 Å². The smallest absolute Gasteiger partial charge is 0.149 e. The van der Waals surface area contributed by atoms with Gasteiger partial charge in [-0.15, -0.1) is 0 Å². The van der Waals surface area contributed by atoms with Crippen molar-refractivity contribution in [3.8, 4) is 22.9 Å². The summed E-state index contributed by atoms with van der Waals surface area (Å²) in [5.74, 6) is 0.593. The standard InChI is InChI=1S/C29H24N4/c1-19-9-14-27-28(15-19)32-29(31-27)25(18-30)17-24-16-20(2)33(21(24)3)26-12-10-23(11-13-26)22-7-5-4-6-8-22/h4-17H,1-3H3,(H,31,32)/b25-17+. The summed E-state index contributed by atoms with van der Waals surface area (Å²) in [4.78, 5) is 7.92. The fourth-order valence-corrected chi connectivity index (χ4v) is 4.32. The van der Waals surface area contributed by atoms with Crippen LogP contribution in [0.15, 0.2) is 78.9 Å². The summed E-state index contributed by atoms with van der Waals surface area (Å²) < 4.78 is 2.22. The SMILES string of the molecule is Cc1ccc2nc(/C(C#N)=C/c3cc(C)n(-c4ccc(-c5ccccc5)cc4)c3C)[nH]c2c1. The van der Waals surface area contributed by atoms with E-state index in [-0.39, 0.29) is 0 Å². The highest BCUT2D eigenvalue weighted by Crippen LogP contribution is 2.27. The maximum Gasteiger partial charge on any atom is 0.149 e. The molecule has 2 heterocycles. The van der Waals surface area contributed by atoms with E-state index in [2.05, 4.69) is 89.0 Å². The van der Waals surface area contributed by atoms with Crippen molar-refractivity contribution in [2.45, 2.75) is 20.8 Å². The highest BCUT2D eigenvalue weighted by atomic mass is 15.0. The Hall–Kier alpha value is -4.36. The zero-order valence-electron chi connectivity index (χ0n) is 18.9. The van der Waals surface area contributed by atoms with Crippen molar-refractivity contribution in [3.05, 3.63) is 107 Å². The van der Waals surface area contributed by atoms with E-state index in [1.54, 1.807) is 0 Å². The number of hydrogen-bond donors (Lipinski definition) is 1. The lowest BCUT2D eigenvalue weighted by Gasteiger charge is -2.11. The van der Waals surface area contributed by atoms with E-state index in [1.807, 2.05) is 37.3 Å². The summed E-state index contributed by atoms with van der Waals surface area (Å²) in [6, 6.07) is 29.4. The van der Waals surface area contributed by atoms with Crippen LogP contribution in [0.4, 0.5) is 0 Å². The van der Waals surface area contributed by atoms with Gasteiger partial charge in [0.15, 0.2) is 0 Å². The van der Waals surface area contributed by atoms with Crippen LogP contribution in [0.25, 0.3) is 39.5 Å². The zero-order chi connectivity index (χ0) is 22.9. The van der Waals surface area contributed by atoms with Gasteiger partial charge in [-0.1, -0.05) is 48.5 Å². The number of imidazole rings is 1. The molecule has 3 aromatic carbocycles. The molecule has 0 amide bonds. The highest BCUT2D eigenvalue weighted by Gasteiger charge is 2.13. The van der Waals surface area contributed by atoms with Gasteiger partial charge < -0.3 is 9.55 Å². The van der Waals surface area contributed by atoms with Crippen LogP contribution in [-0.4, -0.2) is 14.5 Å². The van der Waals surface area contributed by atoms with E-state index in [1.165, 1.54) is 11.1 Å². The second-order valence-electron chi connectivity index (χ2n) is 8.35. The molecule has 0 atom stereocenters. The number of aromatic nitrogens is 3. The van der Waals surface area contributed by atoms with Crippen molar-refractivity contribution >= 4 is 22.7 Å². The van der Waals surface area contributed by atoms with Crippen LogP contribution in [-0.2, 0) is 0 Å². The number of hydrogen-bond acceptors (Lipinski definition) is 2. The number of aryl methyl sites for hydroxylation is 2. The van der Waals surface area contributed by atoms with Gasteiger partial charge in [0.1, 0.15) is 11.9 Å². The molecule has 0 aliphatic heterocycles. The van der Waals surface area contributed by atoms with Gasteiger partial charge in [0.05, 0.1) is 16.6 Å². The lowest BCUT2D eigenvalue weighted by Crippen LogP contribution is -1.99. The molecule has 4 nitrogen and oxygen atoms in total. The van der Waals surface area contributed by atoms with Gasteiger partial charge in [-0.3, -0.25) is 0 Å². The minimum atomic E-state index is 0.517. The molecule has 0 fully saturated rings. The lowest BCUT2D eigenvalue weighted by molar-refractivity contribution is 0.965. The molecule has 1 N–H and O–H groups in total. The van der Waals surface area contributed by atoms with Crippen LogP contribution < -0.4 is 0 Å². The molecule has 33 heavy (non-hydrogen) atoms. The molecule has 0 spiro atoms. The summed E-state index contributed by atoms with van der Waals surface area (Å²) in [6.07, 6.45) is 1.92. The number of aromatic amines is 1. The largest absolute Gasteiger partial charge is 0.337 e. The average Bonchev–Trinajstić information content (AvgIpc) is 3.37. The first-order valence-electron chi connectivity index (χ1n) is 11.0. The molecule has 4 heteroatoms. The van der Waals surface area contributed by atoms with E-state index in [0.29, 0.717) is 11.4 Å². The van der Waals surface area contributed by atoms with E-state index in [0.717, 1.165) is 39.2 Å². The molecule has 2 aromatic heterocycles. The van der Waals surface area contributed by atoms with Gasteiger partial charge in [0, 0.05) is 17.1 Å². The number of nitrogens with zero attached hydrogens (tertiary/aromatic N) is 3. The Morgan fingerprint density at radius 3 is 2.36 bits per heavy atom. The first-order valence-corrected chi connectivity index (χ1v) is 11.0. The molecule has 160 valence electrons. The van der Waals surface area contributed by atoms with Crippen molar-refractivity contribution < 1.29 is 0 Å². The number of rotatable bonds is 4. The van der Waals surface area contributed by atoms with E-state index < -0.39 is 0 Å². The van der Waals surface area contributed by atoms with Gasteiger partial charge in [-0.05, 0) is 79.4 Å². The maximum absolute atomic E-state index is 9.86. The van der Waals surface area contributed by atoms with Crippen LogP contribution in [0.1, 0.15) is 28.3 Å². The van der Waals surface area contributed by atoms with Crippen molar-refractivity contribution in [2.75, 3.05) is 0 Å². The number of nitriles is 1. The van der Waals surface area contributed by atoms with Crippen molar-refractivity contribution in [1.82, 2.24) is 14.5 Å². The molecular weight excluding hydrogens is 404 g/mol. The monoisotopic (exact) mass is 428 g/mol. The molecule has 0 saturated heterocycles. The topological polar surface area (TPSA) is 57.4 Å². The normalized spacial score (nSPS) is 11.6. The number of benzene rings is 3. The first kappa shape index (κ1) is 20.5. The van der Waals surface area contributed by atoms with Gasteiger partial charge in [-0.2, -0.15) is 5.26 Å². The minimum absolute atomic E-state index is 0.517. The predicted octanol–water partition coefficient (Wildman–Crippen LogP) is 7.01. The molecule has 0 saturated carbocycles. The van der Waals surface area contributed by atoms with Crippen molar-refractivity contribution in [2.24, 2.45) is 0 Å². The summed E-state index contributed by atoms with van der Waals surface area (Å²) in [5.41, 5.74) is 10.2. The Balaban J connectivity index is 1.51. The summed E-state index contributed by atoms with van der Waals surface area (Å²) in [7, 11) is 0. The fourth-order valence-electron chi connectivity index (χ4n) is 4.32. The van der Waals surface area contributed by atoms with E-state index in [9.17, 15) is 5.26 Å².